The Morgan fingerprint density at radius 1 is 0.642 bits per heavy atom. The third-order valence-electron chi connectivity index (χ3n) is 11.1. The zero-order valence-electron chi connectivity index (χ0n) is 33.2. The number of rotatable bonds is 6. The molecule has 0 radical (unpaired) electrons. The first-order valence-corrected chi connectivity index (χ1v) is 18.8. The molecule has 53 heavy (non-hydrogen) atoms. The van der Waals surface area contributed by atoms with Gasteiger partial charge in [-0.2, -0.15) is 21.6 Å². The van der Waals surface area contributed by atoms with Gasteiger partial charge in [-0.3, -0.25) is 9.59 Å². The summed E-state index contributed by atoms with van der Waals surface area (Å²) in [6.07, 6.45) is 4.43. The molecule has 2 unspecified atom stereocenters. The van der Waals surface area contributed by atoms with E-state index in [0.717, 1.165) is 18.7 Å². The fourth-order valence-corrected chi connectivity index (χ4v) is 6.08. The normalized spacial score (nSPS) is 27.5. The van der Waals surface area contributed by atoms with Gasteiger partial charge in [0.15, 0.2) is 0 Å². The van der Waals surface area contributed by atoms with Crippen LogP contribution < -0.4 is 0 Å². The molecule has 2 aliphatic carbocycles. The van der Waals surface area contributed by atoms with Gasteiger partial charge in [0.1, 0.15) is 5.76 Å². The number of methoxy groups -OCH3 is 2. The number of ether oxygens (including phenoxy) is 2. The third-order valence-corrected chi connectivity index (χ3v) is 12.1. The van der Waals surface area contributed by atoms with E-state index in [1.54, 1.807) is 0 Å². The van der Waals surface area contributed by atoms with Gasteiger partial charge < -0.3 is 41.6 Å². The highest BCUT2D eigenvalue weighted by Gasteiger charge is 2.64. The van der Waals surface area contributed by atoms with E-state index >= 15 is 0 Å². The number of esters is 2. The summed E-state index contributed by atoms with van der Waals surface area (Å²) in [6.45, 7) is 24.3. The van der Waals surface area contributed by atoms with E-state index < -0.39 is 47.3 Å². The Morgan fingerprint density at radius 3 is 1.34 bits per heavy atom. The lowest BCUT2D eigenvalue weighted by Crippen LogP contribution is -2.41. The number of hydrogen-bond donors (Lipinski definition) is 0. The molecule has 0 spiro atoms. The van der Waals surface area contributed by atoms with Gasteiger partial charge in [-0.15, -0.1) is 0 Å². The molecule has 0 aromatic heterocycles. The molecule has 0 bridgehead atoms. The molecule has 3 saturated heterocycles. The maximum absolute atomic E-state index is 12.0. The van der Waals surface area contributed by atoms with Crippen LogP contribution in [0.2, 0.25) is 0 Å². The second-order valence-corrected chi connectivity index (χ2v) is 18.1. The molecule has 3 aliphatic heterocycles. The summed E-state index contributed by atoms with van der Waals surface area (Å²) in [7, 11) is -4.38. The first-order chi connectivity index (χ1) is 23.8. The van der Waals surface area contributed by atoms with Crippen LogP contribution in [0, 0.1) is 11.8 Å². The standard InChI is InChI=1S/C13H21BO4.C12H24B2O4.C8H9F3O5S/c1-12(2)13(3,4)18-14(17-12)10-7-6-9(8-10)11(15)16-5;1-9(2)10(3,4)16-13(15-9)14-17-11(5,6)12(7,8)18-14;1-15-7(12)5-2-3-6(4-5)16-17(13,14)8(9,10)11/h7,9H,6,8H2,1-5H3;1-8H3;3,5H,2,4H2,1H3. The zero-order chi connectivity index (χ0) is 40.8. The smallest absolute Gasteiger partial charge is 0.469 e. The van der Waals surface area contributed by atoms with Crippen molar-refractivity contribution in [2.75, 3.05) is 14.2 Å². The Kier molecular flexibility index (Phi) is 13.2. The van der Waals surface area contributed by atoms with Crippen molar-refractivity contribution >= 4 is 43.2 Å². The zero-order valence-corrected chi connectivity index (χ0v) is 34.0. The van der Waals surface area contributed by atoms with Gasteiger partial charge in [0.05, 0.1) is 59.7 Å². The minimum Gasteiger partial charge on any atom is -0.469 e. The van der Waals surface area contributed by atoms with Crippen molar-refractivity contribution < 1.29 is 72.8 Å². The van der Waals surface area contributed by atoms with E-state index in [1.807, 2.05) is 89.2 Å². The topological polar surface area (TPSA) is 151 Å². The highest BCUT2D eigenvalue weighted by atomic mass is 32.2. The average molecular weight is 780 g/mol. The molecular weight excluding hydrogens is 726 g/mol. The number of carbonyl (C=O) groups is 2. The van der Waals surface area contributed by atoms with Crippen LogP contribution in [0.25, 0.3) is 0 Å². The molecule has 2 atom stereocenters. The quantitative estimate of drug-likeness (QED) is 0.141. The fourth-order valence-electron chi connectivity index (χ4n) is 5.56. The molecule has 0 saturated carbocycles. The van der Waals surface area contributed by atoms with E-state index in [4.69, 9.17) is 32.7 Å². The van der Waals surface area contributed by atoms with Crippen LogP contribution in [0.3, 0.4) is 0 Å². The molecule has 13 nitrogen and oxygen atoms in total. The highest BCUT2D eigenvalue weighted by molar-refractivity contribution is 7.87. The van der Waals surface area contributed by atoms with Gasteiger partial charge in [0.2, 0.25) is 0 Å². The molecule has 0 amide bonds. The predicted molar refractivity (Wildman–Crippen MR) is 190 cm³/mol. The number of allylic oxidation sites excluding steroid dienone is 4. The van der Waals surface area contributed by atoms with Crippen molar-refractivity contribution in [3.05, 3.63) is 23.4 Å². The molecular formula is C33H54B3F3O13S. The molecule has 0 aromatic carbocycles. The van der Waals surface area contributed by atoms with Crippen LogP contribution >= 0.6 is 0 Å². The SMILES string of the molecule is CC1(C)OB(B2OC(C)(C)C(C)(C)O2)OC1(C)C.COC(=O)C1CC=C(B2OC(C)(C)C(C)(C)O2)C1.COC(=O)C1CC=C(OS(=O)(=O)C(F)(F)F)C1. The molecule has 0 N–H and O–H groups in total. The van der Waals surface area contributed by atoms with Crippen LogP contribution in [0.4, 0.5) is 13.2 Å². The molecule has 300 valence electrons. The minimum absolute atomic E-state index is 0.0796. The van der Waals surface area contributed by atoms with Gasteiger partial charge >= 0.3 is 48.7 Å². The molecule has 0 aromatic rings. The van der Waals surface area contributed by atoms with Gasteiger partial charge in [0.25, 0.3) is 0 Å². The van der Waals surface area contributed by atoms with E-state index in [0.29, 0.717) is 12.8 Å². The van der Waals surface area contributed by atoms with E-state index in [2.05, 4.69) is 8.92 Å². The number of alkyl halides is 3. The molecule has 5 rings (SSSR count). The Morgan fingerprint density at radius 2 is 0.981 bits per heavy atom. The van der Waals surface area contributed by atoms with Gasteiger partial charge in [-0.25, -0.2) is 0 Å². The van der Waals surface area contributed by atoms with Crippen molar-refractivity contribution in [1.82, 2.24) is 0 Å². The summed E-state index contributed by atoms with van der Waals surface area (Å²) in [5, 5.41) is 0. The number of hydrogen-bond acceptors (Lipinski definition) is 13. The Bertz CT molecular complexity index is 1460. The maximum Gasteiger partial charge on any atom is 0.534 e. The second kappa shape index (κ2) is 15.5. The minimum atomic E-state index is -5.66. The predicted octanol–water partition coefficient (Wildman–Crippen LogP) is 5.70. The summed E-state index contributed by atoms with van der Waals surface area (Å²) in [5.74, 6) is -1.94. The van der Waals surface area contributed by atoms with Gasteiger partial charge in [0, 0.05) is 6.42 Å². The van der Waals surface area contributed by atoms with Crippen molar-refractivity contribution in [1.29, 1.82) is 0 Å². The Labute approximate surface area is 312 Å². The fraction of sp³-hybridized carbons (Fsp3) is 0.818. The first kappa shape index (κ1) is 45.3. The monoisotopic (exact) mass is 780 g/mol. The largest absolute Gasteiger partial charge is 0.534 e. The van der Waals surface area contributed by atoms with Crippen LogP contribution in [-0.2, 0) is 61.3 Å². The summed E-state index contributed by atoms with van der Waals surface area (Å²) in [4.78, 5) is 22.5. The Hall–Kier alpha value is -2.09. The van der Waals surface area contributed by atoms with Crippen molar-refractivity contribution in [2.24, 2.45) is 11.8 Å². The van der Waals surface area contributed by atoms with Crippen molar-refractivity contribution in [3.8, 4) is 0 Å². The maximum atomic E-state index is 12.0. The first-order valence-electron chi connectivity index (χ1n) is 17.4. The van der Waals surface area contributed by atoms with E-state index in [-0.39, 0.29) is 65.5 Å². The lowest BCUT2D eigenvalue weighted by molar-refractivity contribution is -0.145. The Balaban J connectivity index is 0.000000214. The van der Waals surface area contributed by atoms with Crippen LogP contribution in [0.1, 0.15) is 109 Å². The van der Waals surface area contributed by atoms with E-state index in [1.165, 1.54) is 7.11 Å². The number of carbonyl (C=O) groups excluding carboxylic acids is 2. The van der Waals surface area contributed by atoms with Gasteiger partial charge in [-0.1, -0.05) is 6.08 Å². The highest BCUT2D eigenvalue weighted by Crippen LogP contribution is 2.44. The van der Waals surface area contributed by atoms with Crippen LogP contribution in [0.15, 0.2) is 23.4 Å². The lowest BCUT2D eigenvalue weighted by Gasteiger charge is -2.32. The molecule has 5 aliphatic rings. The second-order valence-electron chi connectivity index (χ2n) is 16.6. The van der Waals surface area contributed by atoms with Crippen LogP contribution in [-0.4, -0.2) is 94.8 Å². The number of halogens is 3. The van der Waals surface area contributed by atoms with E-state index in [9.17, 15) is 31.2 Å². The third kappa shape index (κ3) is 10.0. The van der Waals surface area contributed by atoms with Gasteiger partial charge in [-0.05, 0) is 114 Å². The van der Waals surface area contributed by atoms with Crippen LogP contribution in [0.5, 0.6) is 0 Å². The van der Waals surface area contributed by atoms with Crippen molar-refractivity contribution in [3.63, 3.8) is 0 Å². The average Bonchev–Trinajstić information content (AvgIpc) is 3.79. The molecule has 20 heteroatoms. The molecule has 3 heterocycles. The molecule has 3 fully saturated rings. The summed E-state index contributed by atoms with van der Waals surface area (Å²) in [5.41, 5.74) is -6.52. The lowest BCUT2D eigenvalue weighted by atomic mass is 9.49. The summed E-state index contributed by atoms with van der Waals surface area (Å²) in [6, 6.07) is 0. The summed E-state index contributed by atoms with van der Waals surface area (Å²) >= 11 is 0. The summed E-state index contributed by atoms with van der Waals surface area (Å²) < 4.78 is 106. The van der Waals surface area contributed by atoms with Crippen molar-refractivity contribution in [2.45, 2.75) is 148 Å².